The first-order valence-electron chi connectivity index (χ1n) is 12.6. The highest BCUT2D eigenvalue weighted by Gasteiger charge is 2.44. The lowest BCUT2D eigenvalue weighted by atomic mass is 9.87. The first-order chi connectivity index (χ1) is 17.1. The Balaban J connectivity index is 1.16. The molecule has 1 amide bonds. The number of rotatable bonds is 3. The fourth-order valence-corrected chi connectivity index (χ4v) is 5.76. The van der Waals surface area contributed by atoms with Gasteiger partial charge in [-0.2, -0.15) is 13.2 Å². The van der Waals surface area contributed by atoms with E-state index in [4.69, 9.17) is 4.74 Å². The SMILES string of the molecule is CC1(C(=O)N2CCc3ncc(C(F)(F)F)cc3C2)CCC(N2CCC(c3ccc(F)cc3)CC2)CO1. The Morgan fingerprint density at radius 1 is 1.11 bits per heavy atom. The molecule has 5 nitrogen and oxygen atoms in total. The quantitative estimate of drug-likeness (QED) is 0.555. The molecule has 0 bridgehead atoms. The lowest BCUT2D eigenvalue weighted by Gasteiger charge is -2.45. The number of piperidine rings is 1. The number of ether oxygens (including phenoxy) is 1. The van der Waals surface area contributed by atoms with E-state index in [0.29, 0.717) is 43.2 Å². The van der Waals surface area contributed by atoms with Crippen molar-refractivity contribution in [3.8, 4) is 0 Å². The van der Waals surface area contributed by atoms with E-state index in [1.54, 1.807) is 11.8 Å². The zero-order valence-electron chi connectivity index (χ0n) is 20.4. The Morgan fingerprint density at radius 3 is 2.47 bits per heavy atom. The van der Waals surface area contributed by atoms with E-state index in [1.165, 1.54) is 17.7 Å². The van der Waals surface area contributed by atoms with Gasteiger partial charge >= 0.3 is 6.18 Å². The number of likely N-dealkylation sites (tertiary alicyclic amines) is 1. The Hall–Kier alpha value is -2.52. The van der Waals surface area contributed by atoms with Gasteiger partial charge in [-0.05, 0) is 80.9 Å². The third-order valence-electron chi connectivity index (χ3n) is 8.04. The minimum absolute atomic E-state index is 0.115. The zero-order valence-corrected chi connectivity index (χ0v) is 20.4. The van der Waals surface area contributed by atoms with Crippen molar-refractivity contribution in [3.05, 3.63) is 64.7 Å². The number of pyridine rings is 1. The van der Waals surface area contributed by atoms with Crippen LogP contribution in [0.5, 0.6) is 0 Å². The van der Waals surface area contributed by atoms with Crippen molar-refractivity contribution < 1.29 is 27.1 Å². The molecule has 0 aliphatic carbocycles. The van der Waals surface area contributed by atoms with Gasteiger partial charge in [0.2, 0.25) is 0 Å². The van der Waals surface area contributed by atoms with Gasteiger partial charge in [-0.15, -0.1) is 0 Å². The van der Waals surface area contributed by atoms with Crippen LogP contribution < -0.4 is 0 Å². The summed E-state index contributed by atoms with van der Waals surface area (Å²) in [5.41, 5.74) is 0.475. The molecule has 3 aliphatic heterocycles. The predicted octanol–water partition coefficient (Wildman–Crippen LogP) is 4.94. The van der Waals surface area contributed by atoms with Crippen LogP contribution in [0.2, 0.25) is 0 Å². The van der Waals surface area contributed by atoms with Crippen LogP contribution >= 0.6 is 0 Å². The molecule has 2 aromatic rings. The van der Waals surface area contributed by atoms with E-state index < -0.39 is 17.3 Å². The summed E-state index contributed by atoms with van der Waals surface area (Å²) in [6.45, 7) is 4.64. The average molecular weight is 506 g/mol. The summed E-state index contributed by atoms with van der Waals surface area (Å²) in [6.07, 6.45) is 0.228. The van der Waals surface area contributed by atoms with Crippen LogP contribution in [0.1, 0.15) is 60.9 Å². The largest absolute Gasteiger partial charge is 0.417 e. The van der Waals surface area contributed by atoms with Crippen LogP contribution in [0.15, 0.2) is 36.5 Å². The minimum atomic E-state index is -4.46. The Bertz CT molecular complexity index is 1090. The molecule has 2 unspecified atom stereocenters. The second-order valence-electron chi connectivity index (χ2n) is 10.4. The third-order valence-corrected chi connectivity index (χ3v) is 8.04. The van der Waals surface area contributed by atoms with Crippen LogP contribution in [0.4, 0.5) is 17.6 Å². The lowest BCUT2D eigenvalue weighted by molar-refractivity contribution is -0.168. The molecule has 2 atom stereocenters. The van der Waals surface area contributed by atoms with Crippen LogP contribution in [0, 0.1) is 5.82 Å². The average Bonchev–Trinajstić information content (AvgIpc) is 2.88. The molecule has 0 spiro atoms. The molecule has 36 heavy (non-hydrogen) atoms. The van der Waals surface area contributed by atoms with Crippen molar-refractivity contribution >= 4 is 5.91 Å². The summed E-state index contributed by atoms with van der Waals surface area (Å²) >= 11 is 0. The molecular formula is C27H31F4N3O2. The van der Waals surface area contributed by atoms with Crippen LogP contribution in [-0.2, 0) is 28.7 Å². The Morgan fingerprint density at radius 2 is 1.83 bits per heavy atom. The van der Waals surface area contributed by atoms with E-state index in [9.17, 15) is 22.4 Å². The van der Waals surface area contributed by atoms with Crippen LogP contribution in [0.3, 0.4) is 0 Å². The number of aromatic nitrogens is 1. The van der Waals surface area contributed by atoms with E-state index in [2.05, 4.69) is 9.88 Å². The number of benzene rings is 1. The second kappa shape index (κ2) is 9.74. The Labute approximate surface area is 208 Å². The van der Waals surface area contributed by atoms with Gasteiger partial charge in [-0.25, -0.2) is 4.39 Å². The van der Waals surface area contributed by atoms with Gasteiger partial charge in [0.25, 0.3) is 5.91 Å². The summed E-state index contributed by atoms with van der Waals surface area (Å²) in [4.78, 5) is 21.4. The highest BCUT2D eigenvalue weighted by molar-refractivity contribution is 5.85. The number of alkyl halides is 3. The van der Waals surface area contributed by atoms with Gasteiger partial charge in [-0.1, -0.05) is 12.1 Å². The topological polar surface area (TPSA) is 45.7 Å². The standard InChI is InChI=1S/C27H31F4N3O2/c1-26(25(35)34-13-9-24-20(16-34)14-21(15-32-24)27(29,30)31)10-6-23(17-36-26)33-11-7-19(8-12-33)18-2-4-22(28)5-3-18/h2-5,14-15,19,23H,6-13,16-17H2,1H3. The molecular weight excluding hydrogens is 474 g/mol. The summed E-state index contributed by atoms with van der Waals surface area (Å²) in [6, 6.07) is 8.12. The summed E-state index contributed by atoms with van der Waals surface area (Å²) in [5.74, 6) is 0.0381. The molecule has 2 fully saturated rings. The summed E-state index contributed by atoms with van der Waals surface area (Å²) in [5, 5.41) is 0. The first-order valence-corrected chi connectivity index (χ1v) is 12.6. The van der Waals surface area contributed by atoms with Gasteiger partial charge in [0.15, 0.2) is 0 Å². The normalized spacial score (nSPS) is 26.0. The molecule has 1 aromatic heterocycles. The molecule has 4 heterocycles. The predicted molar refractivity (Wildman–Crippen MR) is 126 cm³/mol. The Kier molecular flexibility index (Phi) is 6.80. The fourth-order valence-electron chi connectivity index (χ4n) is 5.76. The van der Waals surface area contributed by atoms with Crippen LogP contribution in [-0.4, -0.2) is 58.6 Å². The molecule has 0 saturated carbocycles. The maximum Gasteiger partial charge on any atom is 0.417 e. The van der Waals surface area contributed by atoms with Gasteiger partial charge in [0, 0.05) is 37.4 Å². The van der Waals surface area contributed by atoms with E-state index in [0.717, 1.165) is 44.6 Å². The molecule has 9 heteroatoms. The van der Waals surface area contributed by atoms with E-state index in [1.807, 2.05) is 12.1 Å². The van der Waals surface area contributed by atoms with Crippen molar-refractivity contribution in [3.63, 3.8) is 0 Å². The maximum absolute atomic E-state index is 13.4. The van der Waals surface area contributed by atoms with Gasteiger partial charge < -0.3 is 9.64 Å². The molecule has 0 N–H and O–H groups in total. The molecule has 3 aliphatic rings. The molecule has 1 aromatic carbocycles. The zero-order chi connectivity index (χ0) is 25.5. The van der Waals surface area contributed by atoms with Crippen molar-refractivity contribution in [1.29, 1.82) is 0 Å². The lowest BCUT2D eigenvalue weighted by Crippen LogP contribution is -2.56. The minimum Gasteiger partial charge on any atom is -0.364 e. The van der Waals surface area contributed by atoms with Gasteiger partial charge in [-0.3, -0.25) is 14.7 Å². The first kappa shape index (κ1) is 25.1. The highest BCUT2D eigenvalue weighted by atomic mass is 19.4. The number of hydrogen-bond donors (Lipinski definition) is 0. The van der Waals surface area contributed by atoms with Crippen LogP contribution in [0.25, 0.3) is 0 Å². The van der Waals surface area contributed by atoms with Crippen molar-refractivity contribution in [2.45, 2.75) is 69.3 Å². The van der Waals surface area contributed by atoms with E-state index in [-0.39, 0.29) is 24.3 Å². The third kappa shape index (κ3) is 5.13. The fraction of sp³-hybridized carbons (Fsp3) is 0.556. The number of amides is 1. The molecule has 2 saturated heterocycles. The van der Waals surface area contributed by atoms with Gasteiger partial charge in [0.05, 0.1) is 12.2 Å². The highest BCUT2D eigenvalue weighted by Crippen LogP contribution is 2.35. The van der Waals surface area contributed by atoms with Crippen molar-refractivity contribution in [1.82, 2.24) is 14.8 Å². The van der Waals surface area contributed by atoms with E-state index >= 15 is 0 Å². The number of fused-ring (bicyclic) bond motifs is 1. The summed E-state index contributed by atoms with van der Waals surface area (Å²) in [7, 11) is 0. The molecule has 194 valence electrons. The maximum atomic E-state index is 13.4. The second-order valence-corrected chi connectivity index (χ2v) is 10.4. The molecule has 0 radical (unpaired) electrons. The number of hydrogen-bond acceptors (Lipinski definition) is 4. The molecule has 5 rings (SSSR count). The number of carbonyl (C=O) groups is 1. The number of carbonyl (C=O) groups excluding carboxylic acids is 1. The number of nitrogens with zero attached hydrogens (tertiary/aromatic N) is 3. The van der Waals surface area contributed by atoms with Crippen molar-refractivity contribution in [2.75, 3.05) is 26.2 Å². The monoisotopic (exact) mass is 505 g/mol. The summed E-state index contributed by atoms with van der Waals surface area (Å²) < 4.78 is 58.8. The number of halogens is 4. The van der Waals surface area contributed by atoms with Crippen molar-refractivity contribution in [2.24, 2.45) is 0 Å². The van der Waals surface area contributed by atoms with Gasteiger partial charge in [0.1, 0.15) is 11.4 Å². The smallest absolute Gasteiger partial charge is 0.364 e.